The van der Waals surface area contributed by atoms with Crippen molar-refractivity contribution in [3.05, 3.63) is 59.5 Å². The van der Waals surface area contributed by atoms with Gasteiger partial charge in [-0.05, 0) is 42.0 Å². The van der Waals surface area contributed by atoms with Crippen LogP contribution >= 0.6 is 0 Å². The molecule has 1 N–H and O–H groups in total. The normalized spacial score (nSPS) is 15.1. The fraction of sp³-hybridized carbons (Fsp3) is 0.478. The summed E-state index contributed by atoms with van der Waals surface area (Å²) in [5.41, 5.74) is 2.76. The van der Waals surface area contributed by atoms with Crippen LogP contribution in [0.4, 0.5) is 0 Å². The fourth-order valence-electron chi connectivity index (χ4n) is 3.57. The first-order chi connectivity index (χ1) is 14.1. The van der Waals surface area contributed by atoms with Crippen LogP contribution in [-0.4, -0.2) is 61.4 Å². The standard InChI is InChI=1S/C23H32N4O2/c1-18(2)20-10-8-19(9-11-20)6-4-12-25-23(24-3)27-15-13-26(14-16-27)22(28)21-7-5-17-29-21/h5,7-11,17-18H,4,6,12-16H2,1-3H3,(H,24,25). The highest BCUT2D eigenvalue weighted by Crippen LogP contribution is 2.15. The number of aryl methyl sites for hydroxylation is 1. The van der Waals surface area contributed by atoms with Crippen LogP contribution in [0.3, 0.4) is 0 Å². The van der Waals surface area contributed by atoms with Crippen molar-refractivity contribution >= 4 is 11.9 Å². The molecule has 1 aromatic heterocycles. The molecule has 0 atom stereocenters. The highest BCUT2D eigenvalue weighted by molar-refractivity contribution is 5.91. The third kappa shape index (κ3) is 5.62. The van der Waals surface area contributed by atoms with Gasteiger partial charge in [0.2, 0.25) is 0 Å². The van der Waals surface area contributed by atoms with Gasteiger partial charge in [0.15, 0.2) is 11.7 Å². The number of furan rings is 1. The van der Waals surface area contributed by atoms with Gasteiger partial charge in [-0.15, -0.1) is 0 Å². The summed E-state index contributed by atoms with van der Waals surface area (Å²) >= 11 is 0. The highest BCUT2D eigenvalue weighted by Gasteiger charge is 2.24. The quantitative estimate of drug-likeness (QED) is 0.462. The van der Waals surface area contributed by atoms with E-state index in [1.165, 1.54) is 17.4 Å². The second-order valence-electron chi connectivity index (χ2n) is 7.73. The van der Waals surface area contributed by atoms with Gasteiger partial charge in [-0.1, -0.05) is 38.1 Å². The molecule has 156 valence electrons. The molecule has 0 spiro atoms. The molecule has 1 amide bonds. The Morgan fingerprint density at radius 3 is 2.38 bits per heavy atom. The van der Waals surface area contributed by atoms with Crippen LogP contribution in [0.2, 0.25) is 0 Å². The van der Waals surface area contributed by atoms with Crippen molar-refractivity contribution in [1.29, 1.82) is 0 Å². The van der Waals surface area contributed by atoms with Crippen LogP contribution < -0.4 is 5.32 Å². The van der Waals surface area contributed by atoms with Crippen molar-refractivity contribution in [2.24, 2.45) is 4.99 Å². The lowest BCUT2D eigenvalue weighted by molar-refractivity contribution is 0.0658. The summed E-state index contributed by atoms with van der Waals surface area (Å²) < 4.78 is 5.22. The Hall–Kier alpha value is -2.76. The number of amides is 1. The van der Waals surface area contributed by atoms with Crippen LogP contribution in [-0.2, 0) is 6.42 Å². The largest absolute Gasteiger partial charge is 0.459 e. The maximum absolute atomic E-state index is 12.4. The van der Waals surface area contributed by atoms with Crippen molar-refractivity contribution in [1.82, 2.24) is 15.1 Å². The van der Waals surface area contributed by atoms with E-state index in [-0.39, 0.29) is 5.91 Å². The third-order valence-corrected chi connectivity index (χ3v) is 5.38. The fourth-order valence-corrected chi connectivity index (χ4v) is 3.57. The molecule has 1 aromatic carbocycles. The molecule has 2 aromatic rings. The van der Waals surface area contributed by atoms with E-state index in [9.17, 15) is 4.79 Å². The minimum absolute atomic E-state index is 0.0407. The third-order valence-electron chi connectivity index (χ3n) is 5.38. The Morgan fingerprint density at radius 1 is 1.10 bits per heavy atom. The summed E-state index contributed by atoms with van der Waals surface area (Å²) in [7, 11) is 1.81. The van der Waals surface area contributed by atoms with E-state index in [1.807, 2.05) is 11.9 Å². The first kappa shape index (κ1) is 21.0. The van der Waals surface area contributed by atoms with E-state index in [0.29, 0.717) is 24.8 Å². The molecule has 29 heavy (non-hydrogen) atoms. The summed E-state index contributed by atoms with van der Waals surface area (Å²) in [4.78, 5) is 20.8. The number of hydrogen-bond acceptors (Lipinski definition) is 3. The summed E-state index contributed by atoms with van der Waals surface area (Å²) in [5, 5.41) is 3.46. The molecule has 0 radical (unpaired) electrons. The maximum atomic E-state index is 12.4. The Bertz CT molecular complexity index is 789. The van der Waals surface area contributed by atoms with E-state index < -0.39 is 0 Å². The average Bonchev–Trinajstić information content (AvgIpc) is 3.29. The van der Waals surface area contributed by atoms with Crippen LogP contribution in [0.5, 0.6) is 0 Å². The number of carbonyl (C=O) groups is 1. The van der Waals surface area contributed by atoms with Gasteiger partial charge in [-0.25, -0.2) is 0 Å². The SMILES string of the molecule is CN=C(NCCCc1ccc(C(C)C)cc1)N1CCN(C(=O)c2ccco2)CC1. The molecule has 0 aliphatic carbocycles. The smallest absolute Gasteiger partial charge is 0.289 e. The molecule has 0 saturated carbocycles. The van der Waals surface area contributed by atoms with Gasteiger partial charge in [0.05, 0.1) is 6.26 Å². The number of nitrogens with zero attached hydrogens (tertiary/aromatic N) is 3. The maximum Gasteiger partial charge on any atom is 0.289 e. The molecule has 1 fully saturated rings. The van der Waals surface area contributed by atoms with Crippen molar-refractivity contribution in [2.75, 3.05) is 39.8 Å². The van der Waals surface area contributed by atoms with Crippen molar-refractivity contribution in [3.63, 3.8) is 0 Å². The van der Waals surface area contributed by atoms with Gasteiger partial charge < -0.3 is 19.5 Å². The molecule has 1 saturated heterocycles. The number of aliphatic imine (C=N–C) groups is 1. The minimum atomic E-state index is -0.0407. The predicted molar refractivity (Wildman–Crippen MR) is 116 cm³/mol. The monoisotopic (exact) mass is 396 g/mol. The lowest BCUT2D eigenvalue weighted by atomic mass is 10.0. The summed E-state index contributed by atoms with van der Waals surface area (Å²) in [5.74, 6) is 1.85. The average molecular weight is 397 g/mol. The molecule has 6 nitrogen and oxygen atoms in total. The first-order valence-corrected chi connectivity index (χ1v) is 10.5. The number of rotatable bonds is 6. The molecule has 0 bridgehead atoms. The van der Waals surface area contributed by atoms with E-state index >= 15 is 0 Å². The summed E-state index contributed by atoms with van der Waals surface area (Å²) in [6.07, 6.45) is 3.64. The lowest BCUT2D eigenvalue weighted by Crippen LogP contribution is -2.53. The van der Waals surface area contributed by atoms with Gasteiger partial charge in [0.25, 0.3) is 5.91 Å². The van der Waals surface area contributed by atoms with Crippen LogP contribution in [0.1, 0.15) is 47.9 Å². The van der Waals surface area contributed by atoms with Crippen molar-refractivity contribution in [2.45, 2.75) is 32.6 Å². The molecule has 0 unspecified atom stereocenters. The van der Waals surface area contributed by atoms with Gasteiger partial charge in [-0.2, -0.15) is 0 Å². The molecule has 2 heterocycles. The zero-order valence-corrected chi connectivity index (χ0v) is 17.7. The number of piperazine rings is 1. The number of guanidine groups is 1. The zero-order valence-electron chi connectivity index (χ0n) is 17.7. The number of benzene rings is 1. The molecule has 1 aliphatic heterocycles. The van der Waals surface area contributed by atoms with Gasteiger partial charge in [0.1, 0.15) is 0 Å². The topological polar surface area (TPSA) is 61.1 Å². The minimum Gasteiger partial charge on any atom is -0.459 e. The summed E-state index contributed by atoms with van der Waals surface area (Å²) in [6, 6.07) is 12.4. The Kier molecular flexibility index (Phi) is 7.33. The molecule has 6 heteroatoms. The number of carbonyl (C=O) groups excluding carboxylic acids is 1. The number of hydrogen-bond donors (Lipinski definition) is 1. The number of nitrogens with one attached hydrogen (secondary N) is 1. The molecular weight excluding hydrogens is 364 g/mol. The van der Waals surface area contributed by atoms with E-state index in [1.54, 1.807) is 12.1 Å². The Balaban J connectivity index is 1.40. The molecule has 3 rings (SSSR count). The van der Waals surface area contributed by atoms with E-state index in [0.717, 1.165) is 38.4 Å². The lowest BCUT2D eigenvalue weighted by Gasteiger charge is -2.36. The molecular formula is C23H32N4O2. The zero-order chi connectivity index (χ0) is 20.6. The van der Waals surface area contributed by atoms with Gasteiger partial charge >= 0.3 is 0 Å². The van der Waals surface area contributed by atoms with E-state index in [4.69, 9.17) is 4.42 Å². The van der Waals surface area contributed by atoms with Gasteiger partial charge in [-0.3, -0.25) is 9.79 Å². The Morgan fingerprint density at radius 2 is 1.79 bits per heavy atom. The Labute approximate surface area is 173 Å². The van der Waals surface area contributed by atoms with E-state index in [2.05, 4.69) is 53.3 Å². The van der Waals surface area contributed by atoms with Crippen LogP contribution in [0.25, 0.3) is 0 Å². The van der Waals surface area contributed by atoms with Crippen molar-refractivity contribution < 1.29 is 9.21 Å². The molecule has 1 aliphatic rings. The van der Waals surface area contributed by atoms with Crippen LogP contribution in [0, 0.1) is 0 Å². The highest BCUT2D eigenvalue weighted by atomic mass is 16.3. The van der Waals surface area contributed by atoms with Crippen LogP contribution in [0.15, 0.2) is 52.1 Å². The first-order valence-electron chi connectivity index (χ1n) is 10.5. The van der Waals surface area contributed by atoms with Gasteiger partial charge in [0, 0.05) is 39.8 Å². The second-order valence-corrected chi connectivity index (χ2v) is 7.73. The summed E-state index contributed by atoms with van der Waals surface area (Å²) in [6.45, 7) is 8.19. The van der Waals surface area contributed by atoms with Crippen molar-refractivity contribution in [3.8, 4) is 0 Å². The second kappa shape index (κ2) is 10.1. The predicted octanol–water partition coefficient (Wildman–Crippen LogP) is 3.37.